The Morgan fingerprint density at radius 1 is 0.963 bits per heavy atom. The van der Waals surface area contributed by atoms with Gasteiger partial charge in [0.15, 0.2) is 0 Å². The number of phenols is 1. The summed E-state index contributed by atoms with van der Waals surface area (Å²) < 4.78 is 0. The predicted molar refractivity (Wildman–Crippen MR) is 108 cm³/mol. The lowest BCUT2D eigenvalue weighted by Crippen LogP contribution is -2.35. The summed E-state index contributed by atoms with van der Waals surface area (Å²) in [6.07, 6.45) is 2.04. The summed E-state index contributed by atoms with van der Waals surface area (Å²) in [7, 11) is 0. The van der Waals surface area contributed by atoms with Crippen LogP contribution in [0.15, 0.2) is 48.5 Å². The molecule has 27 heavy (non-hydrogen) atoms. The highest BCUT2D eigenvalue weighted by Gasteiger charge is 2.15. The zero-order chi connectivity index (χ0) is 19.6. The fourth-order valence-electron chi connectivity index (χ4n) is 2.70. The number of urea groups is 1. The molecule has 144 valence electrons. The number of anilines is 2. The van der Waals surface area contributed by atoms with Crippen LogP contribution in [0.4, 0.5) is 16.2 Å². The molecular weight excluding hydrogens is 342 g/mol. The van der Waals surface area contributed by atoms with Crippen LogP contribution in [0.1, 0.15) is 38.7 Å². The molecule has 0 aliphatic carbocycles. The molecule has 6 nitrogen and oxygen atoms in total. The summed E-state index contributed by atoms with van der Waals surface area (Å²) in [5, 5.41) is 15.7. The van der Waals surface area contributed by atoms with Crippen LogP contribution in [0.2, 0.25) is 0 Å². The van der Waals surface area contributed by atoms with E-state index in [4.69, 9.17) is 0 Å². The number of para-hydroxylation sites is 1. The van der Waals surface area contributed by atoms with E-state index < -0.39 is 0 Å². The third kappa shape index (κ3) is 6.33. The first kappa shape index (κ1) is 20.3. The molecule has 0 fully saturated rings. The second-order valence-electron chi connectivity index (χ2n) is 6.36. The average Bonchev–Trinajstić information content (AvgIpc) is 2.63. The van der Waals surface area contributed by atoms with Crippen molar-refractivity contribution in [2.75, 3.05) is 17.2 Å². The molecule has 3 amide bonds. The number of phenolic OH excluding ortho intramolecular Hbond substituents is 1. The van der Waals surface area contributed by atoms with E-state index in [1.807, 2.05) is 19.9 Å². The zero-order valence-electron chi connectivity index (χ0n) is 15.9. The van der Waals surface area contributed by atoms with Crippen molar-refractivity contribution in [2.45, 2.75) is 39.7 Å². The third-order valence-corrected chi connectivity index (χ3v) is 4.01. The highest BCUT2D eigenvalue weighted by atomic mass is 16.3. The smallest absolute Gasteiger partial charge is 0.322 e. The number of hydrogen-bond donors (Lipinski definition) is 3. The van der Waals surface area contributed by atoms with Gasteiger partial charge in [-0.3, -0.25) is 4.79 Å². The largest absolute Gasteiger partial charge is 0.508 e. The fourth-order valence-corrected chi connectivity index (χ4v) is 2.70. The molecule has 0 saturated carbocycles. The third-order valence-electron chi connectivity index (χ3n) is 4.01. The van der Waals surface area contributed by atoms with E-state index in [1.165, 1.54) is 0 Å². The topological polar surface area (TPSA) is 81.7 Å². The molecular formula is C21H27N3O3. The minimum Gasteiger partial charge on any atom is -0.508 e. The minimum absolute atomic E-state index is 0.0480. The molecule has 0 radical (unpaired) electrons. The number of nitrogens with zero attached hydrogens (tertiary/aromatic N) is 1. The summed E-state index contributed by atoms with van der Waals surface area (Å²) >= 11 is 0. The lowest BCUT2D eigenvalue weighted by molar-refractivity contribution is -0.116. The maximum atomic E-state index is 12.7. The van der Waals surface area contributed by atoms with Crippen LogP contribution in [0.3, 0.4) is 0 Å². The number of carbonyl (C=O) groups excluding carboxylic acids is 2. The standard InChI is InChI=1S/C21H27N3O3/c1-3-8-20(26)22-17-10-7-11-18(14-17)23-21(27)24(13-4-2)15-16-9-5-6-12-19(16)25/h5-7,9-12,14,25H,3-4,8,13,15H2,1-2H3,(H,22,26)(H,23,27). The Bertz CT molecular complexity index is 777. The second kappa shape index (κ2) is 10.2. The average molecular weight is 369 g/mol. The number of carbonyl (C=O) groups is 2. The van der Waals surface area contributed by atoms with Gasteiger partial charge < -0.3 is 20.6 Å². The van der Waals surface area contributed by atoms with Gasteiger partial charge in [-0.15, -0.1) is 0 Å². The van der Waals surface area contributed by atoms with Gasteiger partial charge in [0.25, 0.3) is 0 Å². The van der Waals surface area contributed by atoms with Gasteiger partial charge in [-0.1, -0.05) is 38.1 Å². The van der Waals surface area contributed by atoms with Crippen LogP contribution < -0.4 is 10.6 Å². The van der Waals surface area contributed by atoms with Gasteiger partial charge in [0.1, 0.15) is 5.75 Å². The SMILES string of the molecule is CCCC(=O)Nc1cccc(NC(=O)N(CCC)Cc2ccccc2O)c1. The highest BCUT2D eigenvalue weighted by Crippen LogP contribution is 2.20. The summed E-state index contributed by atoms with van der Waals surface area (Å²) in [5.41, 5.74) is 1.95. The normalized spacial score (nSPS) is 10.3. The summed E-state index contributed by atoms with van der Waals surface area (Å²) in [6.45, 7) is 4.82. The van der Waals surface area contributed by atoms with Crippen LogP contribution in [0.25, 0.3) is 0 Å². The molecule has 0 saturated heterocycles. The van der Waals surface area contributed by atoms with Gasteiger partial charge in [0, 0.05) is 29.9 Å². The fraction of sp³-hybridized carbons (Fsp3) is 0.333. The van der Waals surface area contributed by atoms with Gasteiger partial charge in [0.2, 0.25) is 5.91 Å². The Hall–Kier alpha value is -3.02. The first-order chi connectivity index (χ1) is 13.0. The zero-order valence-corrected chi connectivity index (χ0v) is 15.9. The molecule has 3 N–H and O–H groups in total. The molecule has 0 atom stereocenters. The van der Waals surface area contributed by atoms with Gasteiger partial charge in [-0.2, -0.15) is 0 Å². The van der Waals surface area contributed by atoms with Crippen molar-refractivity contribution in [2.24, 2.45) is 0 Å². The number of aromatic hydroxyl groups is 1. The molecule has 6 heteroatoms. The lowest BCUT2D eigenvalue weighted by atomic mass is 10.2. The highest BCUT2D eigenvalue weighted by molar-refractivity contribution is 5.93. The van der Waals surface area contributed by atoms with E-state index >= 15 is 0 Å². The number of nitrogens with one attached hydrogen (secondary N) is 2. The quantitative estimate of drug-likeness (QED) is 0.637. The number of benzene rings is 2. The second-order valence-corrected chi connectivity index (χ2v) is 6.36. The van der Waals surface area contributed by atoms with Crippen molar-refractivity contribution in [3.8, 4) is 5.75 Å². The Labute approximate surface area is 160 Å². The van der Waals surface area contributed by atoms with Gasteiger partial charge in [0.05, 0.1) is 6.54 Å². The van der Waals surface area contributed by atoms with Gasteiger partial charge >= 0.3 is 6.03 Å². The molecule has 0 aliphatic rings. The maximum Gasteiger partial charge on any atom is 0.322 e. The summed E-state index contributed by atoms with van der Waals surface area (Å²) in [4.78, 5) is 26.1. The number of amides is 3. The van der Waals surface area contributed by atoms with E-state index in [9.17, 15) is 14.7 Å². The minimum atomic E-state index is -0.253. The maximum absolute atomic E-state index is 12.7. The lowest BCUT2D eigenvalue weighted by Gasteiger charge is -2.23. The Morgan fingerprint density at radius 3 is 2.33 bits per heavy atom. The molecule has 0 spiro atoms. The first-order valence-corrected chi connectivity index (χ1v) is 9.26. The summed E-state index contributed by atoms with van der Waals surface area (Å²) in [6, 6.07) is 13.8. The van der Waals surface area contributed by atoms with E-state index in [0.717, 1.165) is 12.8 Å². The molecule has 2 aromatic rings. The predicted octanol–water partition coefficient (Wildman–Crippen LogP) is 4.57. The monoisotopic (exact) mass is 369 g/mol. The van der Waals surface area contributed by atoms with E-state index in [0.29, 0.717) is 36.4 Å². The molecule has 0 aromatic heterocycles. The van der Waals surface area contributed by atoms with Crippen molar-refractivity contribution in [1.29, 1.82) is 0 Å². The van der Waals surface area contributed by atoms with Crippen LogP contribution in [0, 0.1) is 0 Å². The molecule has 0 bridgehead atoms. The van der Waals surface area contributed by atoms with Crippen molar-refractivity contribution < 1.29 is 14.7 Å². The van der Waals surface area contributed by atoms with Crippen LogP contribution in [0.5, 0.6) is 5.75 Å². The van der Waals surface area contributed by atoms with E-state index in [-0.39, 0.29) is 17.7 Å². The van der Waals surface area contributed by atoms with Gasteiger partial charge in [-0.25, -0.2) is 4.79 Å². The molecule has 2 aromatic carbocycles. The summed E-state index contributed by atoms with van der Waals surface area (Å²) in [5.74, 6) is 0.125. The van der Waals surface area contributed by atoms with E-state index in [2.05, 4.69) is 10.6 Å². The molecule has 2 rings (SSSR count). The molecule has 0 unspecified atom stereocenters. The number of rotatable bonds is 8. The van der Waals surface area contributed by atoms with Crippen molar-refractivity contribution in [3.05, 3.63) is 54.1 Å². The van der Waals surface area contributed by atoms with E-state index in [1.54, 1.807) is 47.4 Å². The van der Waals surface area contributed by atoms with Crippen molar-refractivity contribution in [3.63, 3.8) is 0 Å². The Balaban J connectivity index is 2.06. The molecule has 0 heterocycles. The molecule has 0 aliphatic heterocycles. The van der Waals surface area contributed by atoms with Crippen molar-refractivity contribution >= 4 is 23.3 Å². The first-order valence-electron chi connectivity index (χ1n) is 9.26. The van der Waals surface area contributed by atoms with Crippen LogP contribution in [-0.4, -0.2) is 28.5 Å². The Kier molecular flexibility index (Phi) is 7.67. The van der Waals surface area contributed by atoms with Crippen molar-refractivity contribution in [1.82, 2.24) is 4.90 Å². The van der Waals surface area contributed by atoms with Gasteiger partial charge in [-0.05, 0) is 37.1 Å². The van der Waals surface area contributed by atoms with Crippen LogP contribution in [-0.2, 0) is 11.3 Å². The number of hydrogen-bond acceptors (Lipinski definition) is 3. The van der Waals surface area contributed by atoms with Crippen LogP contribution >= 0.6 is 0 Å². The Morgan fingerprint density at radius 2 is 1.67 bits per heavy atom.